The Balaban J connectivity index is 1.89. The van der Waals surface area contributed by atoms with Gasteiger partial charge in [-0.25, -0.2) is 4.39 Å². The Morgan fingerprint density at radius 2 is 2.12 bits per heavy atom. The van der Waals surface area contributed by atoms with Crippen LogP contribution in [0.15, 0.2) is 18.2 Å². The van der Waals surface area contributed by atoms with Gasteiger partial charge in [0.05, 0.1) is 0 Å². The summed E-state index contributed by atoms with van der Waals surface area (Å²) >= 11 is 0. The van der Waals surface area contributed by atoms with Crippen molar-refractivity contribution in [2.45, 2.75) is 26.4 Å². The summed E-state index contributed by atoms with van der Waals surface area (Å²) in [6.45, 7) is 4.94. The molecule has 0 saturated carbocycles. The van der Waals surface area contributed by atoms with E-state index in [9.17, 15) is 4.39 Å². The summed E-state index contributed by atoms with van der Waals surface area (Å²) in [5, 5.41) is 6.85. The van der Waals surface area contributed by atoms with Crippen molar-refractivity contribution in [2.75, 3.05) is 25.0 Å². The van der Waals surface area contributed by atoms with Gasteiger partial charge in [-0.2, -0.15) is 0 Å². The van der Waals surface area contributed by atoms with Gasteiger partial charge in [0, 0.05) is 12.2 Å². The first-order valence-electron chi connectivity index (χ1n) is 6.39. The fourth-order valence-corrected chi connectivity index (χ4v) is 2.35. The van der Waals surface area contributed by atoms with Gasteiger partial charge in [0.15, 0.2) is 0 Å². The minimum absolute atomic E-state index is 0.380. The maximum atomic E-state index is 12.5. The van der Waals surface area contributed by atoms with Crippen molar-refractivity contribution in [3.63, 3.8) is 0 Å². The summed E-state index contributed by atoms with van der Waals surface area (Å²) in [6, 6.07) is 5.77. The third kappa shape index (κ3) is 3.43. The number of nitrogens with one attached hydrogen (secondary N) is 2. The number of alkyl halides is 1. The number of halogens is 1. The molecule has 0 amide bonds. The second-order valence-corrected chi connectivity index (χ2v) is 4.86. The van der Waals surface area contributed by atoms with Gasteiger partial charge in [-0.05, 0) is 56.0 Å². The predicted molar refractivity (Wildman–Crippen MR) is 70.1 cm³/mol. The zero-order chi connectivity index (χ0) is 12.1. The number of aryl methyl sites for hydroxylation is 1. The fourth-order valence-electron chi connectivity index (χ4n) is 2.35. The summed E-state index contributed by atoms with van der Waals surface area (Å²) in [5.74, 6) is 0.761. The van der Waals surface area contributed by atoms with Gasteiger partial charge in [-0.1, -0.05) is 12.1 Å². The smallest absolute Gasteiger partial charge is 0.115 e. The molecule has 0 atom stereocenters. The van der Waals surface area contributed by atoms with E-state index in [-0.39, 0.29) is 6.67 Å². The lowest BCUT2D eigenvalue weighted by molar-refractivity contribution is 0.390. The number of hydrogen-bond donors (Lipinski definition) is 2. The zero-order valence-corrected chi connectivity index (χ0v) is 10.4. The van der Waals surface area contributed by atoms with E-state index in [2.05, 4.69) is 10.6 Å². The van der Waals surface area contributed by atoms with E-state index in [1.54, 1.807) is 0 Å². The van der Waals surface area contributed by atoms with E-state index in [1.807, 2.05) is 25.1 Å². The average molecular weight is 236 g/mol. The molecule has 2 rings (SSSR count). The summed E-state index contributed by atoms with van der Waals surface area (Å²) < 4.78 is 12.5. The number of anilines is 1. The van der Waals surface area contributed by atoms with E-state index in [0.717, 1.165) is 42.4 Å². The van der Waals surface area contributed by atoms with Gasteiger partial charge in [0.1, 0.15) is 6.67 Å². The average Bonchev–Trinajstić information content (AvgIpc) is 2.38. The van der Waals surface area contributed by atoms with Crippen molar-refractivity contribution < 1.29 is 4.39 Å². The normalized spacial score (nSPS) is 17.1. The standard InChI is InChI=1S/C14H21FN2/c1-11-8-13(9-15)2-3-14(11)17-10-12-4-6-16-7-5-12/h2-3,8,12,16-17H,4-7,9-10H2,1H3. The summed E-state index contributed by atoms with van der Waals surface area (Å²) in [7, 11) is 0. The number of benzene rings is 1. The molecule has 0 aromatic heterocycles. The minimum atomic E-state index is -0.380. The molecule has 2 nitrogen and oxygen atoms in total. The molecule has 1 saturated heterocycles. The number of piperidine rings is 1. The molecule has 17 heavy (non-hydrogen) atoms. The van der Waals surface area contributed by atoms with Crippen LogP contribution in [0.4, 0.5) is 10.1 Å². The molecular formula is C14H21FN2. The molecule has 0 spiro atoms. The van der Waals surface area contributed by atoms with Crippen molar-refractivity contribution >= 4 is 5.69 Å². The summed E-state index contributed by atoms with van der Waals surface area (Å²) in [6.07, 6.45) is 2.49. The lowest BCUT2D eigenvalue weighted by Crippen LogP contribution is -2.31. The van der Waals surface area contributed by atoms with Gasteiger partial charge in [0.2, 0.25) is 0 Å². The minimum Gasteiger partial charge on any atom is -0.385 e. The molecular weight excluding hydrogens is 215 g/mol. The topological polar surface area (TPSA) is 24.1 Å². The number of hydrogen-bond acceptors (Lipinski definition) is 2. The van der Waals surface area contributed by atoms with Crippen molar-refractivity contribution in [2.24, 2.45) is 5.92 Å². The Kier molecular flexibility index (Phi) is 4.37. The lowest BCUT2D eigenvalue weighted by atomic mass is 9.98. The van der Waals surface area contributed by atoms with Crippen LogP contribution in [-0.2, 0) is 6.67 Å². The Bertz CT molecular complexity index is 359. The first-order valence-corrected chi connectivity index (χ1v) is 6.39. The van der Waals surface area contributed by atoms with Crippen LogP contribution in [0.2, 0.25) is 0 Å². The lowest BCUT2D eigenvalue weighted by Gasteiger charge is -2.23. The summed E-state index contributed by atoms with van der Waals surface area (Å²) in [4.78, 5) is 0. The second kappa shape index (κ2) is 6.01. The van der Waals surface area contributed by atoms with Crippen molar-refractivity contribution in [3.05, 3.63) is 29.3 Å². The van der Waals surface area contributed by atoms with Crippen LogP contribution in [0.3, 0.4) is 0 Å². The van der Waals surface area contributed by atoms with Crippen LogP contribution < -0.4 is 10.6 Å². The highest BCUT2D eigenvalue weighted by Crippen LogP contribution is 2.19. The molecule has 1 aliphatic rings. The fraction of sp³-hybridized carbons (Fsp3) is 0.571. The first-order chi connectivity index (χ1) is 8.29. The Hall–Kier alpha value is -1.09. The van der Waals surface area contributed by atoms with Gasteiger partial charge >= 0.3 is 0 Å². The van der Waals surface area contributed by atoms with E-state index < -0.39 is 0 Å². The van der Waals surface area contributed by atoms with Crippen LogP contribution in [-0.4, -0.2) is 19.6 Å². The Morgan fingerprint density at radius 3 is 2.76 bits per heavy atom. The zero-order valence-electron chi connectivity index (χ0n) is 10.4. The molecule has 1 aliphatic heterocycles. The third-order valence-electron chi connectivity index (χ3n) is 3.49. The highest BCUT2D eigenvalue weighted by molar-refractivity contribution is 5.52. The molecule has 1 aromatic rings. The molecule has 94 valence electrons. The van der Waals surface area contributed by atoms with Gasteiger partial charge < -0.3 is 10.6 Å². The Labute approximate surface area is 103 Å². The van der Waals surface area contributed by atoms with Gasteiger partial charge in [-0.15, -0.1) is 0 Å². The molecule has 0 radical (unpaired) electrons. The molecule has 2 N–H and O–H groups in total. The highest BCUT2D eigenvalue weighted by atomic mass is 19.1. The second-order valence-electron chi connectivity index (χ2n) is 4.86. The third-order valence-corrected chi connectivity index (χ3v) is 3.49. The number of rotatable bonds is 4. The van der Waals surface area contributed by atoms with Gasteiger partial charge in [0.25, 0.3) is 0 Å². The van der Waals surface area contributed by atoms with Crippen LogP contribution in [0.5, 0.6) is 0 Å². The molecule has 0 unspecified atom stereocenters. The van der Waals surface area contributed by atoms with Crippen molar-refractivity contribution in [3.8, 4) is 0 Å². The van der Waals surface area contributed by atoms with E-state index in [1.165, 1.54) is 12.8 Å². The molecule has 3 heteroatoms. The van der Waals surface area contributed by atoms with E-state index >= 15 is 0 Å². The Morgan fingerprint density at radius 1 is 1.35 bits per heavy atom. The van der Waals surface area contributed by atoms with Gasteiger partial charge in [-0.3, -0.25) is 0 Å². The SMILES string of the molecule is Cc1cc(CF)ccc1NCC1CCNCC1. The molecule has 0 aliphatic carbocycles. The molecule has 0 bridgehead atoms. The predicted octanol–water partition coefficient (Wildman–Crippen LogP) is 2.88. The largest absolute Gasteiger partial charge is 0.385 e. The maximum Gasteiger partial charge on any atom is 0.115 e. The molecule has 1 heterocycles. The van der Waals surface area contributed by atoms with Crippen LogP contribution in [0, 0.1) is 12.8 Å². The van der Waals surface area contributed by atoms with E-state index in [4.69, 9.17) is 0 Å². The maximum absolute atomic E-state index is 12.5. The van der Waals surface area contributed by atoms with Crippen molar-refractivity contribution in [1.29, 1.82) is 0 Å². The van der Waals surface area contributed by atoms with E-state index in [0.29, 0.717) is 0 Å². The molecule has 1 fully saturated rings. The quantitative estimate of drug-likeness (QED) is 0.840. The molecule has 1 aromatic carbocycles. The monoisotopic (exact) mass is 236 g/mol. The van der Waals surface area contributed by atoms with Crippen molar-refractivity contribution in [1.82, 2.24) is 5.32 Å². The first kappa shape index (κ1) is 12.4. The summed E-state index contributed by atoms with van der Waals surface area (Å²) in [5.41, 5.74) is 3.03. The van der Waals surface area contributed by atoms with Crippen LogP contribution in [0.1, 0.15) is 24.0 Å². The highest BCUT2D eigenvalue weighted by Gasteiger charge is 2.12. The van der Waals surface area contributed by atoms with Crippen LogP contribution in [0.25, 0.3) is 0 Å². The van der Waals surface area contributed by atoms with Crippen LogP contribution >= 0.6 is 0 Å².